The van der Waals surface area contributed by atoms with Crippen LogP contribution in [0.15, 0.2) is 18.2 Å². The molecule has 1 aromatic rings. The molecule has 0 heterocycles. The molecule has 0 aliphatic carbocycles. The van der Waals surface area contributed by atoms with Gasteiger partial charge in [0.15, 0.2) is 0 Å². The van der Waals surface area contributed by atoms with Gasteiger partial charge in [-0.1, -0.05) is 0 Å². The van der Waals surface area contributed by atoms with Gasteiger partial charge in [-0.25, -0.2) is 4.79 Å². The molecule has 0 aliphatic rings. The molecule has 4 N–H and O–H groups in total. The molecule has 1 amide bonds. The SMILES string of the molecule is CNC(C)(C)C(=O)Nc1ccc(C(=O)O)c(O)c1. The van der Waals surface area contributed by atoms with Crippen LogP contribution >= 0.6 is 0 Å². The summed E-state index contributed by atoms with van der Waals surface area (Å²) in [6.07, 6.45) is 0. The van der Waals surface area contributed by atoms with Gasteiger partial charge >= 0.3 is 5.97 Å². The standard InChI is InChI=1S/C12H16N2O4/c1-12(2,13-3)11(18)14-7-4-5-8(10(16)17)9(15)6-7/h4-6,13,15H,1-3H3,(H,14,18)(H,16,17). The molecule has 6 nitrogen and oxygen atoms in total. The smallest absolute Gasteiger partial charge is 0.339 e. The number of rotatable bonds is 4. The summed E-state index contributed by atoms with van der Waals surface area (Å²) in [6, 6.07) is 3.86. The first-order valence-electron chi connectivity index (χ1n) is 5.34. The topological polar surface area (TPSA) is 98.7 Å². The van der Waals surface area contributed by atoms with Crippen molar-refractivity contribution >= 4 is 17.6 Å². The van der Waals surface area contributed by atoms with Crippen molar-refractivity contribution in [1.82, 2.24) is 5.32 Å². The lowest BCUT2D eigenvalue weighted by atomic mass is 10.0. The van der Waals surface area contributed by atoms with Crippen LogP contribution in [-0.4, -0.2) is 34.7 Å². The van der Waals surface area contributed by atoms with Gasteiger partial charge in [0.05, 0.1) is 5.54 Å². The number of carboxylic acid groups (broad SMARTS) is 1. The summed E-state index contributed by atoms with van der Waals surface area (Å²) in [5.74, 6) is -1.89. The largest absolute Gasteiger partial charge is 0.507 e. The van der Waals surface area contributed by atoms with Gasteiger partial charge in [0.25, 0.3) is 0 Å². The van der Waals surface area contributed by atoms with Crippen LogP contribution in [0.3, 0.4) is 0 Å². The lowest BCUT2D eigenvalue weighted by molar-refractivity contribution is -0.121. The van der Waals surface area contributed by atoms with E-state index in [1.165, 1.54) is 18.2 Å². The van der Waals surface area contributed by atoms with Crippen molar-refractivity contribution in [2.75, 3.05) is 12.4 Å². The summed E-state index contributed by atoms with van der Waals surface area (Å²) in [5.41, 5.74) is -0.632. The fourth-order valence-electron chi connectivity index (χ4n) is 1.19. The Morgan fingerprint density at radius 2 is 1.89 bits per heavy atom. The van der Waals surface area contributed by atoms with E-state index in [1.807, 2.05) is 0 Å². The lowest BCUT2D eigenvalue weighted by Crippen LogP contribution is -2.47. The first kappa shape index (κ1) is 14.0. The first-order chi connectivity index (χ1) is 8.27. The Bertz CT molecular complexity index is 483. The minimum atomic E-state index is -1.22. The van der Waals surface area contributed by atoms with Crippen LogP contribution in [0.1, 0.15) is 24.2 Å². The maximum Gasteiger partial charge on any atom is 0.339 e. The summed E-state index contributed by atoms with van der Waals surface area (Å²) < 4.78 is 0. The van der Waals surface area contributed by atoms with Gasteiger partial charge in [-0.05, 0) is 33.0 Å². The van der Waals surface area contributed by atoms with Gasteiger partial charge in [0.2, 0.25) is 5.91 Å². The summed E-state index contributed by atoms with van der Waals surface area (Å²) >= 11 is 0. The molecule has 0 unspecified atom stereocenters. The molecule has 0 aromatic heterocycles. The van der Waals surface area contributed by atoms with Crippen LogP contribution in [0.2, 0.25) is 0 Å². The van der Waals surface area contributed by atoms with Crippen LogP contribution < -0.4 is 10.6 Å². The molecular formula is C12H16N2O4. The number of amides is 1. The summed E-state index contributed by atoms with van der Waals surface area (Å²) in [4.78, 5) is 22.5. The summed E-state index contributed by atoms with van der Waals surface area (Å²) in [6.45, 7) is 3.40. The van der Waals surface area contributed by atoms with Gasteiger partial charge in [-0.3, -0.25) is 4.79 Å². The quantitative estimate of drug-likeness (QED) is 0.641. The van der Waals surface area contributed by atoms with Crippen molar-refractivity contribution in [2.45, 2.75) is 19.4 Å². The maximum absolute atomic E-state index is 11.8. The minimum Gasteiger partial charge on any atom is -0.507 e. The molecule has 6 heteroatoms. The molecule has 0 fully saturated rings. The molecule has 0 atom stereocenters. The Labute approximate surface area is 105 Å². The Hall–Kier alpha value is -2.08. The number of aromatic carboxylic acids is 1. The number of hydrogen-bond donors (Lipinski definition) is 4. The highest BCUT2D eigenvalue weighted by molar-refractivity contribution is 5.98. The predicted octanol–water partition coefficient (Wildman–Crippen LogP) is 1.03. The molecule has 0 saturated heterocycles. The number of nitrogens with one attached hydrogen (secondary N) is 2. The van der Waals surface area contributed by atoms with Crippen LogP contribution in [0, 0.1) is 0 Å². The number of carbonyl (C=O) groups excluding carboxylic acids is 1. The number of benzene rings is 1. The number of hydrogen-bond acceptors (Lipinski definition) is 4. The Balaban J connectivity index is 2.91. The van der Waals surface area contributed by atoms with Gasteiger partial charge in [-0.2, -0.15) is 0 Å². The first-order valence-corrected chi connectivity index (χ1v) is 5.34. The molecule has 18 heavy (non-hydrogen) atoms. The van der Waals surface area contributed by atoms with Crippen molar-refractivity contribution < 1.29 is 19.8 Å². The van der Waals surface area contributed by atoms with E-state index in [-0.39, 0.29) is 17.2 Å². The number of anilines is 1. The van der Waals surface area contributed by atoms with E-state index in [0.29, 0.717) is 5.69 Å². The Morgan fingerprint density at radius 1 is 1.28 bits per heavy atom. The molecule has 1 aromatic carbocycles. The normalized spacial score (nSPS) is 11.1. The Morgan fingerprint density at radius 3 is 2.33 bits per heavy atom. The fraction of sp³-hybridized carbons (Fsp3) is 0.333. The van der Waals surface area contributed by atoms with Crippen molar-refractivity contribution in [3.05, 3.63) is 23.8 Å². The zero-order valence-corrected chi connectivity index (χ0v) is 10.4. The van der Waals surface area contributed by atoms with Crippen LogP contribution in [0.25, 0.3) is 0 Å². The second-order valence-electron chi connectivity index (χ2n) is 4.37. The average Bonchev–Trinajstić information content (AvgIpc) is 2.28. The highest BCUT2D eigenvalue weighted by Crippen LogP contribution is 2.22. The highest BCUT2D eigenvalue weighted by Gasteiger charge is 2.25. The molecule has 0 radical (unpaired) electrons. The zero-order chi connectivity index (χ0) is 13.9. The van der Waals surface area contributed by atoms with Crippen LogP contribution in [0.5, 0.6) is 5.75 Å². The average molecular weight is 252 g/mol. The lowest BCUT2D eigenvalue weighted by Gasteiger charge is -2.22. The highest BCUT2D eigenvalue weighted by atomic mass is 16.4. The summed E-state index contributed by atoms with van der Waals surface area (Å²) in [7, 11) is 1.66. The van der Waals surface area contributed by atoms with E-state index in [9.17, 15) is 14.7 Å². The second kappa shape index (κ2) is 5.05. The molecule has 0 spiro atoms. The van der Waals surface area contributed by atoms with Gasteiger partial charge in [0, 0.05) is 11.8 Å². The van der Waals surface area contributed by atoms with Crippen LogP contribution in [0.4, 0.5) is 5.69 Å². The fourth-order valence-corrected chi connectivity index (χ4v) is 1.19. The van der Waals surface area contributed by atoms with E-state index in [0.717, 1.165) is 0 Å². The number of aromatic hydroxyl groups is 1. The Kier molecular flexibility index (Phi) is 3.93. The van der Waals surface area contributed by atoms with Gasteiger partial charge in [-0.15, -0.1) is 0 Å². The predicted molar refractivity (Wildman–Crippen MR) is 66.8 cm³/mol. The molecule has 0 bridgehead atoms. The number of carbonyl (C=O) groups is 2. The molecule has 98 valence electrons. The maximum atomic E-state index is 11.8. The van der Waals surface area contributed by atoms with E-state index in [4.69, 9.17) is 5.11 Å². The van der Waals surface area contributed by atoms with Gasteiger partial charge in [0.1, 0.15) is 11.3 Å². The monoisotopic (exact) mass is 252 g/mol. The van der Waals surface area contributed by atoms with E-state index < -0.39 is 11.5 Å². The van der Waals surface area contributed by atoms with Crippen molar-refractivity contribution in [1.29, 1.82) is 0 Å². The van der Waals surface area contributed by atoms with E-state index >= 15 is 0 Å². The van der Waals surface area contributed by atoms with Crippen LogP contribution in [-0.2, 0) is 4.79 Å². The molecule has 0 aliphatic heterocycles. The van der Waals surface area contributed by atoms with Crippen molar-refractivity contribution in [2.24, 2.45) is 0 Å². The third-order valence-corrected chi connectivity index (χ3v) is 2.68. The molecule has 0 saturated carbocycles. The third-order valence-electron chi connectivity index (χ3n) is 2.68. The van der Waals surface area contributed by atoms with E-state index in [2.05, 4.69) is 10.6 Å². The number of phenols is 1. The van der Waals surface area contributed by atoms with Gasteiger partial charge < -0.3 is 20.8 Å². The number of likely N-dealkylation sites (N-methyl/N-ethyl adjacent to an activating group) is 1. The second-order valence-corrected chi connectivity index (χ2v) is 4.37. The minimum absolute atomic E-state index is 0.208. The van der Waals surface area contributed by atoms with Crippen molar-refractivity contribution in [3.8, 4) is 5.75 Å². The molecular weight excluding hydrogens is 236 g/mol. The summed E-state index contributed by atoms with van der Waals surface area (Å²) in [5, 5.41) is 23.7. The van der Waals surface area contributed by atoms with E-state index in [1.54, 1.807) is 20.9 Å². The third kappa shape index (κ3) is 2.98. The number of carboxylic acids is 1. The zero-order valence-electron chi connectivity index (χ0n) is 10.4. The van der Waals surface area contributed by atoms with Crippen molar-refractivity contribution in [3.63, 3.8) is 0 Å². The molecule has 1 rings (SSSR count).